The molecule has 1 saturated carbocycles. The van der Waals surface area contributed by atoms with E-state index in [4.69, 9.17) is 17.3 Å². The van der Waals surface area contributed by atoms with E-state index in [2.05, 4.69) is 0 Å². The number of halogens is 1. The lowest BCUT2D eigenvalue weighted by molar-refractivity contribution is -0.143. The van der Waals surface area contributed by atoms with Crippen molar-refractivity contribution in [2.75, 3.05) is 6.54 Å². The smallest absolute Gasteiger partial charge is 0.312 e. The minimum atomic E-state index is -3.83. The van der Waals surface area contributed by atoms with E-state index in [9.17, 15) is 18.3 Å². The van der Waals surface area contributed by atoms with Crippen molar-refractivity contribution in [3.63, 3.8) is 0 Å². The zero-order chi connectivity index (χ0) is 17.5. The second-order valence-electron chi connectivity index (χ2n) is 5.86. The molecule has 3 rings (SSSR count). The Morgan fingerprint density at radius 2 is 1.71 bits per heavy atom. The molecule has 5 nitrogen and oxygen atoms in total. The number of sulfone groups is 1. The second-order valence-corrected chi connectivity index (χ2v) is 8.36. The average Bonchev–Trinajstić information content (AvgIpc) is 3.28. The molecular formula is C17H16ClNO4S. The average molecular weight is 366 g/mol. The van der Waals surface area contributed by atoms with E-state index < -0.39 is 32.4 Å². The molecule has 1 aliphatic rings. The summed E-state index contributed by atoms with van der Waals surface area (Å²) in [5, 5.41) is 9.10. The molecule has 0 unspecified atom stereocenters. The van der Waals surface area contributed by atoms with Crippen LogP contribution >= 0.6 is 11.6 Å². The van der Waals surface area contributed by atoms with Gasteiger partial charge in [0.05, 0.1) is 10.1 Å². The molecule has 0 amide bonds. The van der Waals surface area contributed by atoms with Crippen molar-refractivity contribution in [3.8, 4) is 0 Å². The standard InChI is InChI=1S/C17H16ClNO4S/c18-12-8-6-11(7-9-12)14-15(17(14,10-19)16(20)21)24(22,23)13-4-2-1-3-5-13/h1-9,14-15H,10,19H2,(H,20,21)/t14-,15-,17+/m0/s1. The molecule has 24 heavy (non-hydrogen) atoms. The highest BCUT2D eigenvalue weighted by Gasteiger charge is 2.75. The molecule has 1 fully saturated rings. The SMILES string of the molecule is NC[C@@]1(C(=O)O)[C@@H](c2ccc(Cl)cc2)[C@@H]1S(=O)(=O)c1ccccc1. The van der Waals surface area contributed by atoms with Crippen molar-refractivity contribution < 1.29 is 18.3 Å². The number of carboxylic acid groups (broad SMARTS) is 1. The van der Waals surface area contributed by atoms with E-state index in [1.54, 1.807) is 42.5 Å². The molecule has 0 radical (unpaired) electrons. The van der Waals surface area contributed by atoms with Gasteiger partial charge in [0.15, 0.2) is 9.84 Å². The van der Waals surface area contributed by atoms with Gasteiger partial charge in [-0.15, -0.1) is 0 Å². The normalized spacial score (nSPS) is 26.1. The number of hydrogen-bond acceptors (Lipinski definition) is 4. The Bertz CT molecular complexity index is 867. The van der Waals surface area contributed by atoms with Crippen LogP contribution in [0.1, 0.15) is 11.5 Å². The first-order valence-corrected chi connectivity index (χ1v) is 9.26. The third kappa shape index (κ3) is 2.42. The molecule has 0 bridgehead atoms. The van der Waals surface area contributed by atoms with Gasteiger partial charge < -0.3 is 10.8 Å². The number of hydrogen-bond donors (Lipinski definition) is 2. The number of nitrogens with two attached hydrogens (primary N) is 1. The quantitative estimate of drug-likeness (QED) is 0.847. The highest BCUT2D eigenvalue weighted by molar-refractivity contribution is 7.92. The maximum Gasteiger partial charge on any atom is 0.312 e. The van der Waals surface area contributed by atoms with Gasteiger partial charge in [-0.05, 0) is 29.8 Å². The van der Waals surface area contributed by atoms with Crippen molar-refractivity contribution in [3.05, 3.63) is 65.2 Å². The topological polar surface area (TPSA) is 97.5 Å². The van der Waals surface area contributed by atoms with Crippen LogP contribution in [0.15, 0.2) is 59.5 Å². The summed E-state index contributed by atoms with van der Waals surface area (Å²) in [7, 11) is -3.83. The monoisotopic (exact) mass is 365 g/mol. The van der Waals surface area contributed by atoms with E-state index in [0.29, 0.717) is 10.6 Å². The summed E-state index contributed by atoms with van der Waals surface area (Å²) in [6.45, 7) is -0.258. The molecule has 7 heteroatoms. The molecule has 2 aromatic rings. The predicted octanol–water partition coefficient (Wildman–Crippen LogP) is 2.31. The summed E-state index contributed by atoms with van der Waals surface area (Å²) in [6.07, 6.45) is 0. The Labute approximate surface area is 145 Å². The second kappa shape index (κ2) is 5.88. The molecule has 3 atom stereocenters. The zero-order valence-corrected chi connectivity index (χ0v) is 14.2. The zero-order valence-electron chi connectivity index (χ0n) is 12.6. The van der Waals surface area contributed by atoms with E-state index in [1.165, 1.54) is 12.1 Å². The number of carboxylic acids is 1. The fourth-order valence-electron chi connectivity index (χ4n) is 3.35. The largest absolute Gasteiger partial charge is 0.481 e. The van der Waals surface area contributed by atoms with Crippen LogP contribution in [0.25, 0.3) is 0 Å². The number of carbonyl (C=O) groups is 1. The highest BCUT2D eigenvalue weighted by atomic mass is 35.5. The van der Waals surface area contributed by atoms with Gasteiger partial charge in [0.25, 0.3) is 0 Å². The predicted molar refractivity (Wildman–Crippen MR) is 90.7 cm³/mol. The third-order valence-electron chi connectivity index (χ3n) is 4.63. The number of rotatable bonds is 5. The van der Waals surface area contributed by atoms with Crippen LogP contribution in [0.3, 0.4) is 0 Å². The molecule has 126 valence electrons. The van der Waals surface area contributed by atoms with Crippen molar-refractivity contribution in [2.24, 2.45) is 11.1 Å². The van der Waals surface area contributed by atoms with Crippen LogP contribution in [0.2, 0.25) is 5.02 Å². The molecule has 1 aliphatic carbocycles. The van der Waals surface area contributed by atoms with Crippen LogP contribution in [-0.2, 0) is 14.6 Å². The number of aliphatic carboxylic acids is 1. The first kappa shape index (κ1) is 17.0. The Hall–Kier alpha value is -1.89. The lowest BCUT2D eigenvalue weighted by Gasteiger charge is -2.10. The fraction of sp³-hybridized carbons (Fsp3) is 0.235. The Kier molecular flexibility index (Phi) is 4.15. The van der Waals surface area contributed by atoms with Gasteiger partial charge in [0.2, 0.25) is 0 Å². The van der Waals surface area contributed by atoms with E-state index in [1.807, 2.05) is 0 Å². The Balaban J connectivity index is 2.11. The maximum absolute atomic E-state index is 13.0. The van der Waals surface area contributed by atoms with Crippen LogP contribution in [0, 0.1) is 5.41 Å². The Morgan fingerprint density at radius 3 is 2.21 bits per heavy atom. The summed E-state index contributed by atoms with van der Waals surface area (Å²) in [6, 6.07) is 14.4. The lowest BCUT2D eigenvalue weighted by atomic mass is 9.99. The van der Waals surface area contributed by atoms with Crippen molar-refractivity contribution in [1.29, 1.82) is 0 Å². The minimum Gasteiger partial charge on any atom is -0.481 e. The van der Waals surface area contributed by atoms with E-state index >= 15 is 0 Å². The summed E-state index contributed by atoms with van der Waals surface area (Å²) in [5.41, 5.74) is 4.80. The van der Waals surface area contributed by atoms with Crippen LogP contribution in [0.4, 0.5) is 0 Å². The molecule has 2 aromatic carbocycles. The highest BCUT2D eigenvalue weighted by Crippen LogP contribution is 2.63. The summed E-state index contributed by atoms with van der Waals surface area (Å²) >= 11 is 5.87. The molecular weight excluding hydrogens is 350 g/mol. The first-order chi connectivity index (χ1) is 11.4. The first-order valence-electron chi connectivity index (χ1n) is 7.33. The van der Waals surface area contributed by atoms with E-state index in [-0.39, 0.29) is 11.4 Å². The van der Waals surface area contributed by atoms with Crippen molar-refractivity contribution in [1.82, 2.24) is 0 Å². The maximum atomic E-state index is 13.0. The molecule has 0 spiro atoms. The Morgan fingerprint density at radius 1 is 1.12 bits per heavy atom. The van der Waals surface area contributed by atoms with Gasteiger partial charge in [-0.2, -0.15) is 0 Å². The van der Waals surface area contributed by atoms with Gasteiger partial charge in [-0.1, -0.05) is 41.9 Å². The van der Waals surface area contributed by atoms with Crippen LogP contribution in [-0.4, -0.2) is 31.3 Å². The van der Waals surface area contributed by atoms with Crippen molar-refractivity contribution >= 4 is 27.4 Å². The van der Waals surface area contributed by atoms with Crippen molar-refractivity contribution in [2.45, 2.75) is 16.1 Å². The van der Waals surface area contributed by atoms with Crippen LogP contribution < -0.4 is 5.73 Å². The summed E-state index contributed by atoms with van der Waals surface area (Å²) < 4.78 is 26.0. The van der Waals surface area contributed by atoms with Gasteiger partial charge in [-0.3, -0.25) is 4.79 Å². The fourth-order valence-corrected chi connectivity index (χ4v) is 5.88. The number of benzene rings is 2. The summed E-state index contributed by atoms with van der Waals surface area (Å²) in [4.78, 5) is 12.0. The van der Waals surface area contributed by atoms with Gasteiger partial charge >= 0.3 is 5.97 Å². The van der Waals surface area contributed by atoms with Gasteiger partial charge in [-0.25, -0.2) is 8.42 Å². The lowest BCUT2D eigenvalue weighted by Crippen LogP contribution is -2.31. The molecule has 0 saturated heterocycles. The molecule has 0 aromatic heterocycles. The van der Waals surface area contributed by atoms with Gasteiger partial charge in [0, 0.05) is 17.5 Å². The summed E-state index contributed by atoms with van der Waals surface area (Å²) in [5.74, 6) is -1.91. The minimum absolute atomic E-state index is 0.102. The van der Waals surface area contributed by atoms with Crippen LogP contribution in [0.5, 0.6) is 0 Å². The third-order valence-corrected chi connectivity index (χ3v) is 7.17. The van der Waals surface area contributed by atoms with Gasteiger partial charge in [0.1, 0.15) is 5.41 Å². The molecule has 3 N–H and O–H groups in total. The molecule has 0 aliphatic heterocycles. The molecule has 0 heterocycles. The van der Waals surface area contributed by atoms with E-state index in [0.717, 1.165) is 0 Å².